The maximum atomic E-state index is 13.2. The minimum Gasteiger partial charge on any atom is -0.378 e. The van der Waals surface area contributed by atoms with E-state index in [0.29, 0.717) is 0 Å². The molecule has 0 N–H and O–H groups in total. The first kappa shape index (κ1) is 22.1. The summed E-state index contributed by atoms with van der Waals surface area (Å²) in [7, 11) is 8.31. The predicted molar refractivity (Wildman–Crippen MR) is 151 cm³/mol. The summed E-state index contributed by atoms with van der Waals surface area (Å²) in [5, 5.41) is 0. The van der Waals surface area contributed by atoms with Gasteiger partial charge in [-0.15, -0.1) is 0 Å². The van der Waals surface area contributed by atoms with Gasteiger partial charge in [0, 0.05) is 50.7 Å². The SMILES string of the molecule is CN(C)c1ccc2c(c1)-c1cc(N(C)C)ccc1C2=CC=C1c2ccccc2C(=O)c2ccccc21. The van der Waals surface area contributed by atoms with Gasteiger partial charge in [-0.3, -0.25) is 4.79 Å². The second-order valence-electron chi connectivity index (χ2n) is 9.83. The lowest BCUT2D eigenvalue weighted by atomic mass is 9.81. The Balaban J connectivity index is 1.57. The first-order chi connectivity index (χ1) is 17.4. The molecule has 0 bridgehead atoms. The van der Waals surface area contributed by atoms with Crippen molar-refractivity contribution in [3.8, 4) is 11.1 Å². The van der Waals surface area contributed by atoms with Crippen LogP contribution in [-0.4, -0.2) is 34.0 Å². The zero-order valence-electron chi connectivity index (χ0n) is 21.0. The van der Waals surface area contributed by atoms with Gasteiger partial charge in [-0.05, 0) is 68.8 Å². The van der Waals surface area contributed by atoms with Gasteiger partial charge >= 0.3 is 0 Å². The second-order valence-corrected chi connectivity index (χ2v) is 9.83. The number of nitrogens with zero attached hydrogens (tertiary/aromatic N) is 2. The molecule has 36 heavy (non-hydrogen) atoms. The van der Waals surface area contributed by atoms with Gasteiger partial charge in [0.15, 0.2) is 5.78 Å². The van der Waals surface area contributed by atoms with Crippen LogP contribution in [-0.2, 0) is 0 Å². The topological polar surface area (TPSA) is 23.6 Å². The molecule has 176 valence electrons. The Hall–Kier alpha value is -4.37. The Morgan fingerprint density at radius 3 is 1.22 bits per heavy atom. The lowest BCUT2D eigenvalue weighted by molar-refractivity contribution is 0.103. The van der Waals surface area contributed by atoms with E-state index in [9.17, 15) is 4.79 Å². The fourth-order valence-electron chi connectivity index (χ4n) is 5.33. The van der Waals surface area contributed by atoms with Crippen molar-refractivity contribution >= 4 is 28.3 Å². The fraction of sp³-hybridized carbons (Fsp3) is 0.121. The number of ketones is 1. The highest BCUT2D eigenvalue weighted by Gasteiger charge is 2.27. The van der Waals surface area contributed by atoms with Crippen LogP contribution in [0.3, 0.4) is 0 Å². The summed E-state index contributed by atoms with van der Waals surface area (Å²) in [4.78, 5) is 17.5. The maximum absolute atomic E-state index is 13.2. The molecule has 4 aromatic rings. The van der Waals surface area contributed by atoms with Crippen molar-refractivity contribution in [2.45, 2.75) is 0 Å². The van der Waals surface area contributed by atoms with Crippen LogP contribution in [0.15, 0.2) is 97.1 Å². The van der Waals surface area contributed by atoms with Gasteiger partial charge in [0.1, 0.15) is 0 Å². The molecule has 6 rings (SSSR count). The summed E-state index contributed by atoms with van der Waals surface area (Å²) >= 11 is 0. The Morgan fingerprint density at radius 1 is 0.472 bits per heavy atom. The van der Waals surface area contributed by atoms with Crippen molar-refractivity contribution in [2.75, 3.05) is 38.0 Å². The Morgan fingerprint density at radius 2 is 0.833 bits per heavy atom. The molecule has 0 fully saturated rings. The summed E-state index contributed by atoms with van der Waals surface area (Å²) in [6.07, 6.45) is 4.42. The van der Waals surface area contributed by atoms with E-state index in [2.05, 4.69) is 98.7 Å². The predicted octanol–water partition coefficient (Wildman–Crippen LogP) is 6.91. The minimum absolute atomic E-state index is 0.0926. The summed E-state index contributed by atoms with van der Waals surface area (Å²) in [5.74, 6) is 0.0926. The third-order valence-electron chi connectivity index (χ3n) is 7.25. The number of carbonyl (C=O) groups is 1. The summed E-state index contributed by atoms with van der Waals surface area (Å²) in [5.41, 5.74) is 13.1. The highest BCUT2D eigenvalue weighted by Crippen LogP contribution is 2.47. The standard InChI is InChI=1S/C33H28N2O/c1-34(2)21-13-15-27-26(28-16-14-22(35(3)4)20-32(28)31(27)19-21)18-17-25-23-9-5-7-11-29(23)33(36)30-12-8-6-10-24(25)30/h5-20H,1-4H3. The van der Waals surface area contributed by atoms with Gasteiger partial charge in [0.25, 0.3) is 0 Å². The van der Waals surface area contributed by atoms with E-state index in [1.165, 1.54) is 39.2 Å². The lowest BCUT2D eigenvalue weighted by Gasteiger charge is -2.21. The maximum Gasteiger partial charge on any atom is 0.194 e. The van der Waals surface area contributed by atoms with Crippen LogP contribution in [0.1, 0.15) is 38.2 Å². The zero-order valence-corrected chi connectivity index (χ0v) is 21.0. The molecule has 2 aliphatic rings. The van der Waals surface area contributed by atoms with Crippen LogP contribution in [0.25, 0.3) is 22.3 Å². The van der Waals surface area contributed by atoms with Gasteiger partial charge in [0.05, 0.1) is 0 Å². The summed E-state index contributed by atoms with van der Waals surface area (Å²) in [6.45, 7) is 0. The fourth-order valence-corrected chi connectivity index (χ4v) is 5.33. The molecule has 4 aromatic carbocycles. The second kappa shape index (κ2) is 8.39. The average Bonchev–Trinajstić information content (AvgIpc) is 3.21. The molecule has 0 saturated carbocycles. The van der Waals surface area contributed by atoms with Crippen LogP contribution in [0.4, 0.5) is 11.4 Å². The van der Waals surface area contributed by atoms with E-state index in [0.717, 1.165) is 27.8 Å². The van der Waals surface area contributed by atoms with Crippen LogP contribution in [0.5, 0.6) is 0 Å². The van der Waals surface area contributed by atoms with E-state index >= 15 is 0 Å². The minimum atomic E-state index is 0.0926. The molecule has 0 aliphatic heterocycles. The van der Waals surface area contributed by atoms with Gasteiger partial charge in [0.2, 0.25) is 0 Å². The van der Waals surface area contributed by atoms with Crippen molar-refractivity contribution in [3.63, 3.8) is 0 Å². The Bertz CT molecular complexity index is 1490. The van der Waals surface area contributed by atoms with Gasteiger partial charge < -0.3 is 9.80 Å². The molecule has 0 atom stereocenters. The quantitative estimate of drug-likeness (QED) is 0.282. The van der Waals surface area contributed by atoms with E-state index in [-0.39, 0.29) is 5.78 Å². The molecule has 0 spiro atoms. The van der Waals surface area contributed by atoms with Crippen molar-refractivity contribution in [2.24, 2.45) is 0 Å². The monoisotopic (exact) mass is 468 g/mol. The van der Waals surface area contributed by atoms with E-state index < -0.39 is 0 Å². The van der Waals surface area contributed by atoms with E-state index in [1.54, 1.807) is 0 Å². The van der Waals surface area contributed by atoms with Crippen molar-refractivity contribution in [1.82, 2.24) is 0 Å². The highest BCUT2D eigenvalue weighted by molar-refractivity contribution is 6.19. The third kappa shape index (κ3) is 3.39. The summed E-state index contributed by atoms with van der Waals surface area (Å²) in [6, 6.07) is 29.3. The molecule has 0 amide bonds. The average molecular weight is 469 g/mol. The lowest BCUT2D eigenvalue weighted by Crippen LogP contribution is -2.14. The van der Waals surface area contributed by atoms with Gasteiger partial charge in [-0.2, -0.15) is 0 Å². The number of benzene rings is 4. The van der Waals surface area contributed by atoms with Gasteiger partial charge in [-0.25, -0.2) is 0 Å². The molecule has 0 saturated heterocycles. The zero-order chi connectivity index (χ0) is 25.0. The molecule has 0 unspecified atom stereocenters. The summed E-state index contributed by atoms with van der Waals surface area (Å²) < 4.78 is 0. The Kier molecular flexibility index (Phi) is 5.15. The van der Waals surface area contributed by atoms with Crippen molar-refractivity contribution in [1.29, 1.82) is 0 Å². The largest absolute Gasteiger partial charge is 0.378 e. The molecule has 3 heteroatoms. The van der Waals surface area contributed by atoms with Crippen molar-refractivity contribution in [3.05, 3.63) is 130 Å². The number of carbonyl (C=O) groups excluding carboxylic acids is 1. The van der Waals surface area contributed by atoms with Gasteiger partial charge in [-0.1, -0.05) is 72.8 Å². The molecule has 2 aliphatic carbocycles. The first-order valence-electron chi connectivity index (χ1n) is 12.2. The van der Waals surface area contributed by atoms with Crippen molar-refractivity contribution < 1.29 is 4.79 Å². The third-order valence-corrected chi connectivity index (χ3v) is 7.25. The highest BCUT2D eigenvalue weighted by atomic mass is 16.1. The number of fused-ring (bicyclic) bond motifs is 5. The number of anilines is 2. The number of rotatable bonds is 3. The molecular weight excluding hydrogens is 440 g/mol. The smallest absolute Gasteiger partial charge is 0.194 e. The molecular formula is C33H28N2O. The Labute approximate surface area is 212 Å². The van der Waals surface area contributed by atoms with Crippen LogP contribution in [0.2, 0.25) is 0 Å². The molecule has 0 aromatic heterocycles. The van der Waals surface area contributed by atoms with Crippen LogP contribution < -0.4 is 9.80 Å². The molecule has 3 nitrogen and oxygen atoms in total. The van der Waals surface area contributed by atoms with Crippen LogP contribution in [0, 0.1) is 0 Å². The first-order valence-corrected chi connectivity index (χ1v) is 12.2. The number of hydrogen-bond acceptors (Lipinski definition) is 3. The normalized spacial score (nSPS) is 12.9. The number of hydrogen-bond donors (Lipinski definition) is 0. The molecule has 0 radical (unpaired) electrons. The number of allylic oxidation sites excluding steroid dienone is 2. The van der Waals surface area contributed by atoms with Crippen LogP contribution >= 0.6 is 0 Å². The molecule has 0 heterocycles. The van der Waals surface area contributed by atoms with E-state index in [1.807, 2.05) is 36.4 Å². The van der Waals surface area contributed by atoms with E-state index in [4.69, 9.17) is 0 Å².